The molecular weight excluding hydrogens is 242 g/mol. The van der Waals surface area contributed by atoms with E-state index in [2.05, 4.69) is 5.32 Å². The molecule has 0 aromatic heterocycles. The molecule has 3 N–H and O–H groups in total. The largest absolute Gasteiger partial charge is 0.491 e. The number of rotatable bonds is 8. The molecule has 0 saturated carbocycles. The van der Waals surface area contributed by atoms with Gasteiger partial charge in [0, 0.05) is 13.1 Å². The van der Waals surface area contributed by atoms with Crippen LogP contribution in [0.1, 0.15) is 25.8 Å². The van der Waals surface area contributed by atoms with Crippen LogP contribution < -0.4 is 10.1 Å². The zero-order chi connectivity index (χ0) is 14.3. The van der Waals surface area contributed by atoms with Crippen molar-refractivity contribution in [3.8, 4) is 5.75 Å². The van der Waals surface area contributed by atoms with E-state index in [1.165, 1.54) is 0 Å². The van der Waals surface area contributed by atoms with E-state index in [1.54, 1.807) is 6.92 Å². The molecule has 4 heteroatoms. The lowest BCUT2D eigenvalue weighted by Crippen LogP contribution is -2.41. The van der Waals surface area contributed by atoms with E-state index in [0.29, 0.717) is 19.5 Å². The van der Waals surface area contributed by atoms with Gasteiger partial charge in [-0.3, -0.25) is 0 Å². The number of nitrogens with one attached hydrogen (secondary N) is 1. The lowest BCUT2D eigenvalue weighted by Gasteiger charge is -2.22. The minimum atomic E-state index is -0.726. The first-order valence-electron chi connectivity index (χ1n) is 6.74. The molecule has 4 nitrogen and oxygen atoms in total. The highest BCUT2D eigenvalue weighted by Crippen LogP contribution is 2.16. The molecule has 0 bridgehead atoms. The van der Waals surface area contributed by atoms with Gasteiger partial charge >= 0.3 is 0 Å². The number of para-hydroxylation sites is 1. The summed E-state index contributed by atoms with van der Waals surface area (Å²) in [6.45, 7) is 6.78. The predicted molar refractivity (Wildman–Crippen MR) is 76.5 cm³/mol. The molecule has 2 unspecified atom stereocenters. The first-order valence-corrected chi connectivity index (χ1v) is 6.74. The van der Waals surface area contributed by atoms with Gasteiger partial charge in [0.05, 0.1) is 5.60 Å². The SMILES string of the molecule is CCC(C)(O)CNCC(O)COc1ccccc1C. The molecule has 1 rings (SSSR count). The lowest BCUT2D eigenvalue weighted by atomic mass is 10.0. The fourth-order valence-corrected chi connectivity index (χ4v) is 1.60. The highest BCUT2D eigenvalue weighted by molar-refractivity contribution is 5.31. The molecule has 19 heavy (non-hydrogen) atoms. The van der Waals surface area contributed by atoms with Crippen LogP contribution in [0.2, 0.25) is 0 Å². The molecule has 0 aliphatic carbocycles. The Morgan fingerprint density at radius 3 is 2.68 bits per heavy atom. The Morgan fingerprint density at radius 1 is 1.37 bits per heavy atom. The minimum Gasteiger partial charge on any atom is -0.491 e. The molecule has 0 saturated heterocycles. The van der Waals surface area contributed by atoms with Crippen LogP contribution in [0.4, 0.5) is 0 Å². The maximum atomic E-state index is 9.81. The third-order valence-corrected chi connectivity index (χ3v) is 3.17. The van der Waals surface area contributed by atoms with Gasteiger partial charge in [-0.1, -0.05) is 25.1 Å². The van der Waals surface area contributed by atoms with Crippen LogP contribution in [-0.4, -0.2) is 41.6 Å². The van der Waals surface area contributed by atoms with E-state index >= 15 is 0 Å². The summed E-state index contributed by atoms with van der Waals surface area (Å²) in [4.78, 5) is 0. The summed E-state index contributed by atoms with van der Waals surface area (Å²) in [5.74, 6) is 0.794. The van der Waals surface area contributed by atoms with Crippen molar-refractivity contribution < 1.29 is 14.9 Å². The van der Waals surface area contributed by atoms with Crippen LogP contribution >= 0.6 is 0 Å². The molecule has 0 heterocycles. The Kier molecular flexibility index (Phi) is 6.28. The van der Waals surface area contributed by atoms with Gasteiger partial charge in [-0.25, -0.2) is 0 Å². The fraction of sp³-hybridized carbons (Fsp3) is 0.600. The molecule has 0 amide bonds. The summed E-state index contributed by atoms with van der Waals surface area (Å²) in [6.07, 6.45) is 0.0859. The molecule has 0 radical (unpaired) electrons. The van der Waals surface area contributed by atoms with Crippen molar-refractivity contribution in [2.45, 2.75) is 38.9 Å². The zero-order valence-electron chi connectivity index (χ0n) is 12.0. The van der Waals surface area contributed by atoms with Gasteiger partial charge in [-0.15, -0.1) is 0 Å². The molecular formula is C15H25NO3. The van der Waals surface area contributed by atoms with E-state index in [4.69, 9.17) is 4.74 Å². The van der Waals surface area contributed by atoms with Gasteiger partial charge in [0.2, 0.25) is 0 Å². The van der Waals surface area contributed by atoms with E-state index in [-0.39, 0.29) is 6.61 Å². The maximum absolute atomic E-state index is 9.81. The normalized spacial score (nSPS) is 15.8. The van der Waals surface area contributed by atoms with Gasteiger partial charge < -0.3 is 20.3 Å². The Morgan fingerprint density at radius 2 is 2.05 bits per heavy atom. The molecule has 0 fully saturated rings. The Balaban J connectivity index is 2.25. The smallest absolute Gasteiger partial charge is 0.122 e. The minimum absolute atomic E-state index is 0.242. The van der Waals surface area contributed by atoms with Crippen molar-refractivity contribution in [2.75, 3.05) is 19.7 Å². The van der Waals surface area contributed by atoms with Gasteiger partial charge in [0.1, 0.15) is 18.5 Å². The summed E-state index contributed by atoms with van der Waals surface area (Å²) < 4.78 is 5.56. The highest BCUT2D eigenvalue weighted by atomic mass is 16.5. The van der Waals surface area contributed by atoms with Crippen LogP contribution in [0, 0.1) is 6.92 Å². The van der Waals surface area contributed by atoms with Gasteiger partial charge in [-0.05, 0) is 31.9 Å². The Bertz CT molecular complexity index is 379. The second-order valence-electron chi connectivity index (χ2n) is 5.21. The summed E-state index contributed by atoms with van der Waals surface area (Å²) in [7, 11) is 0. The number of aliphatic hydroxyl groups is 2. The third kappa shape index (κ3) is 6.05. The van der Waals surface area contributed by atoms with Crippen molar-refractivity contribution in [1.82, 2.24) is 5.32 Å². The van der Waals surface area contributed by atoms with E-state index < -0.39 is 11.7 Å². The number of aliphatic hydroxyl groups excluding tert-OH is 1. The first kappa shape index (κ1) is 16.0. The quantitative estimate of drug-likeness (QED) is 0.668. The summed E-state index contributed by atoms with van der Waals surface area (Å²) in [6, 6.07) is 7.72. The summed E-state index contributed by atoms with van der Waals surface area (Å²) in [5, 5.41) is 22.7. The monoisotopic (exact) mass is 267 g/mol. The number of hydrogen-bond donors (Lipinski definition) is 3. The standard InChI is InChI=1S/C15H25NO3/c1-4-15(3,18)11-16-9-13(17)10-19-14-8-6-5-7-12(14)2/h5-8,13,16-18H,4,9-11H2,1-3H3. The average molecular weight is 267 g/mol. The molecule has 0 aliphatic heterocycles. The van der Waals surface area contributed by atoms with E-state index in [0.717, 1.165) is 11.3 Å². The number of ether oxygens (including phenoxy) is 1. The van der Waals surface area contributed by atoms with Crippen LogP contribution in [0.15, 0.2) is 24.3 Å². The van der Waals surface area contributed by atoms with Gasteiger partial charge in [0.15, 0.2) is 0 Å². The maximum Gasteiger partial charge on any atom is 0.122 e. The molecule has 108 valence electrons. The highest BCUT2D eigenvalue weighted by Gasteiger charge is 2.17. The van der Waals surface area contributed by atoms with Crippen molar-refractivity contribution in [3.05, 3.63) is 29.8 Å². The fourth-order valence-electron chi connectivity index (χ4n) is 1.60. The van der Waals surface area contributed by atoms with Crippen LogP contribution in [-0.2, 0) is 0 Å². The van der Waals surface area contributed by atoms with Crippen molar-refractivity contribution >= 4 is 0 Å². The third-order valence-electron chi connectivity index (χ3n) is 3.17. The zero-order valence-corrected chi connectivity index (χ0v) is 12.0. The number of benzene rings is 1. The molecule has 0 spiro atoms. The van der Waals surface area contributed by atoms with Crippen molar-refractivity contribution in [3.63, 3.8) is 0 Å². The van der Waals surface area contributed by atoms with E-state index in [1.807, 2.05) is 38.1 Å². The van der Waals surface area contributed by atoms with Crippen LogP contribution in [0.3, 0.4) is 0 Å². The van der Waals surface area contributed by atoms with E-state index in [9.17, 15) is 10.2 Å². The van der Waals surface area contributed by atoms with Gasteiger partial charge in [0.25, 0.3) is 0 Å². The average Bonchev–Trinajstić information content (AvgIpc) is 2.37. The first-order chi connectivity index (χ1) is 8.94. The second-order valence-corrected chi connectivity index (χ2v) is 5.21. The van der Waals surface area contributed by atoms with Crippen molar-refractivity contribution in [1.29, 1.82) is 0 Å². The van der Waals surface area contributed by atoms with Gasteiger partial charge in [-0.2, -0.15) is 0 Å². The topological polar surface area (TPSA) is 61.7 Å². The lowest BCUT2D eigenvalue weighted by molar-refractivity contribution is 0.0476. The van der Waals surface area contributed by atoms with Crippen LogP contribution in [0.25, 0.3) is 0 Å². The molecule has 1 aromatic carbocycles. The Hall–Kier alpha value is -1.10. The second kappa shape index (κ2) is 7.48. The number of hydrogen-bond acceptors (Lipinski definition) is 4. The summed E-state index contributed by atoms with van der Waals surface area (Å²) in [5.41, 5.74) is 0.327. The van der Waals surface area contributed by atoms with Crippen LogP contribution in [0.5, 0.6) is 5.75 Å². The van der Waals surface area contributed by atoms with Crippen molar-refractivity contribution in [2.24, 2.45) is 0 Å². The predicted octanol–water partition coefficient (Wildman–Crippen LogP) is 1.49. The Labute approximate surface area is 115 Å². The molecule has 2 atom stereocenters. The number of aryl methyl sites for hydroxylation is 1. The molecule has 0 aliphatic rings. The molecule has 1 aromatic rings. The summed E-state index contributed by atoms with van der Waals surface area (Å²) >= 11 is 0.